The summed E-state index contributed by atoms with van der Waals surface area (Å²) in [6.07, 6.45) is 2.43. The Hall–Kier alpha value is -2.63. The molecule has 0 saturated heterocycles. The van der Waals surface area contributed by atoms with Crippen LogP contribution in [-0.2, 0) is 4.79 Å². The molecule has 1 aliphatic rings. The van der Waals surface area contributed by atoms with Crippen LogP contribution in [0, 0.1) is 24.5 Å². The van der Waals surface area contributed by atoms with E-state index in [-0.39, 0.29) is 19.4 Å². The zero-order valence-corrected chi connectivity index (χ0v) is 15.1. The highest BCUT2D eigenvalue weighted by Gasteiger charge is 2.22. The van der Waals surface area contributed by atoms with Gasteiger partial charge in [0, 0.05) is 6.42 Å². The smallest absolute Gasteiger partial charge is 0.303 e. The van der Waals surface area contributed by atoms with Crippen LogP contribution in [0.1, 0.15) is 31.2 Å². The molecule has 144 valence electrons. The summed E-state index contributed by atoms with van der Waals surface area (Å²) < 4.78 is 39.5. The van der Waals surface area contributed by atoms with Gasteiger partial charge >= 0.3 is 5.97 Å². The Morgan fingerprint density at radius 3 is 2.44 bits per heavy atom. The van der Waals surface area contributed by atoms with E-state index in [0.29, 0.717) is 29.4 Å². The number of halogens is 2. The van der Waals surface area contributed by atoms with E-state index in [1.54, 1.807) is 12.1 Å². The summed E-state index contributed by atoms with van der Waals surface area (Å²) in [7, 11) is 0. The van der Waals surface area contributed by atoms with Crippen LogP contribution in [0.2, 0.25) is 0 Å². The first-order chi connectivity index (χ1) is 12.9. The lowest BCUT2D eigenvalue weighted by Gasteiger charge is -2.13. The number of carboxylic acid groups (broad SMARTS) is 1. The van der Waals surface area contributed by atoms with Crippen LogP contribution in [-0.4, -0.2) is 24.3 Å². The van der Waals surface area contributed by atoms with E-state index >= 15 is 0 Å². The molecule has 0 heterocycles. The third-order valence-corrected chi connectivity index (χ3v) is 4.47. The summed E-state index contributed by atoms with van der Waals surface area (Å²) in [5.74, 6) is -1.77. The molecule has 4 nitrogen and oxygen atoms in total. The van der Waals surface area contributed by atoms with Gasteiger partial charge in [-0.1, -0.05) is 12.1 Å². The zero-order valence-electron chi connectivity index (χ0n) is 15.1. The third kappa shape index (κ3) is 5.18. The molecule has 0 aromatic heterocycles. The molecule has 6 heteroatoms. The topological polar surface area (TPSA) is 55.8 Å². The molecule has 0 aliphatic heterocycles. The van der Waals surface area contributed by atoms with E-state index in [4.69, 9.17) is 14.6 Å². The molecule has 1 aliphatic carbocycles. The standard InChI is InChI=1S/C21H22F2O4/c1-13-4-7-15(11-19(13)27-12-14-5-6-14)16-9-17(22)21(18(23)10-16)26-8-2-3-20(24)25/h4,7,9-11,14H,2-3,5-6,8,12H2,1H3,(H,24,25). The van der Waals surface area contributed by atoms with Crippen molar-refractivity contribution >= 4 is 5.97 Å². The first-order valence-electron chi connectivity index (χ1n) is 9.01. The minimum absolute atomic E-state index is 0.0663. The molecule has 0 amide bonds. The number of ether oxygens (including phenoxy) is 2. The average molecular weight is 376 g/mol. The van der Waals surface area contributed by atoms with Gasteiger partial charge in [-0.15, -0.1) is 0 Å². The third-order valence-electron chi connectivity index (χ3n) is 4.47. The minimum atomic E-state index is -0.978. The predicted octanol–water partition coefficient (Wildman–Crippen LogP) is 4.97. The summed E-state index contributed by atoms with van der Waals surface area (Å²) in [5, 5.41) is 8.58. The zero-order chi connectivity index (χ0) is 19.4. The van der Waals surface area contributed by atoms with Crippen LogP contribution in [0.5, 0.6) is 11.5 Å². The molecule has 0 unspecified atom stereocenters. The van der Waals surface area contributed by atoms with Gasteiger partial charge in [0.1, 0.15) is 5.75 Å². The maximum Gasteiger partial charge on any atom is 0.303 e. The minimum Gasteiger partial charge on any atom is -0.493 e. The summed E-state index contributed by atoms with van der Waals surface area (Å²) in [4.78, 5) is 10.5. The molecule has 3 rings (SSSR count). The highest BCUT2D eigenvalue weighted by molar-refractivity contribution is 5.67. The first-order valence-corrected chi connectivity index (χ1v) is 9.01. The number of benzene rings is 2. The molecule has 1 N–H and O–H groups in total. The highest BCUT2D eigenvalue weighted by atomic mass is 19.1. The van der Waals surface area contributed by atoms with Crippen molar-refractivity contribution < 1.29 is 28.2 Å². The monoisotopic (exact) mass is 376 g/mol. The molecule has 2 aromatic carbocycles. The van der Waals surface area contributed by atoms with E-state index in [0.717, 1.165) is 5.56 Å². The number of hydrogen-bond donors (Lipinski definition) is 1. The number of rotatable bonds is 9. The molecular formula is C21H22F2O4. The van der Waals surface area contributed by atoms with Crippen molar-refractivity contribution in [1.29, 1.82) is 0 Å². The van der Waals surface area contributed by atoms with Crippen LogP contribution in [0.4, 0.5) is 8.78 Å². The van der Waals surface area contributed by atoms with Crippen molar-refractivity contribution in [2.75, 3.05) is 13.2 Å². The van der Waals surface area contributed by atoms with Crippen LogP contribution < -0.4 is 9.47 Å². The second kappa shape index (κ2) is 8.37. The van der Waals surface area contributed by atoms with Gasteiger partial charge in [0.05, 0.1) is 13.2 Å². The first kappa shape index (κ1) is 19.1. The molecular weight excluding hydrogens is 354 g/mol. The normalized spacial score (nSPS) is 13.4. The van der Waals surface area contributed by atoms with Crippen molar-refractivity contribution in [2.45, 2.75) is 32.6 Å². The summed E-state index contributed by atoms with van der Waals surface area (Å²) in [5.41, 5.74) is 2.01. The second-order valence-corrected chi connectivity index (χ2v) is 6.85. The number of aliphatic carboxylic acids is 1. The number of carbonyl (C=O) groups is 1. The van der Waals surface area contributed by atoms with Gasteiger partial charge in [-0.2, -0.15) is 0 Å². The van der Waals surface area contributed by atoms with Crippen LogP contribution in [0.3, 0.4) is 0 Å². The van der Waals surface area contributed by atoms with Gasteiger partial charge in [0.25, 0.3) is 0 Å². The second-order valence-electron chi connectivity index (χ2n) is 6.85. The van der Waals surface area contributed by atoms with Crippen molar-refractivity contribution in [3.63, 3.8) is 0 Å². The fourth-order valence-electron chi connectivity index (χ4n) is 2.69. The maximum atomic E-state index is 14.3. The fraction of sp³-hybridized carbons (Fsp3) is 0.381. The lowest BCUT2D eigenvalue weighted by molar-refractivity contribution is -0.137. The Morgan fingerprint density at radius 1 is 1.11 bits per heavy atom. The molecule has 0 spiro atoms. The average Bonchev–Trinajstić information content (AvgIpc) is 3.43. The molecule has 0 radical (unpaired) electrons. The lowest BCUT2D eigenvalue weighted by atomic mass is 10.0. The SMILES string of the molecule is Cc1ccc(-c2cc(F)c(OCCCC(=O)O)c(F)c2)cc1OCC1CC1. The molecule has 1 saturated carbocycles. The Morgan fingerprint density at radius 2 is 1.81 bits per heavy atom. The molecule has 0 atom stereocenters. The Kier molecular flexibility index (Phi) is 5.94. The van der Waals surface area contributed by atoms with Gasteiger partial charge < -0.3 is 14.6 Å². The Labute approximate surface area is 156 Å². The van der Waals surface area contributed by atoms with Gasteiger partial charge in [-0.3, -0.25) is 4.79 Å². The maximum absolute atomic E-state index is 14.3. The van der Waals surface area contributed by atoms with Gasteiger partial charge in [0.2, 0.25) is 0 Å². The van der Waals surface area contributed by atoms with E-state index < -0.39 is 23.4 Å². The molecule has 1 fully saturated rings. The lowest BCUT2D eigenvalue weighted by Crippen LogP contribution is -2.05. The van der Waals surface area contributed by atoms with Crippen molar-refractivity contribution in [1.82, 2.24) is 0 Å². The number of hydrogen-bond acceptors (Lipinski definition) is 3. The van der Waals surface area contributed by atoms with Crippen LogP contribution >= 0.6 is 0 Å². The van der Waals surface area contributed by atoms with Crippen molar-refractivity contribution in [3.8, 4) is 22.6 Å². The molecule has 27 heavy (non-hydrogen) atoms. The molecule has 2 aromatic rings. The van der Waals surface area contributed by atoms with Crippen LogP contribution in [0.15, 0.2) is 30.3 Å². The Balaban J connectivity index is 1.74. The summed E-state index contributed by atoms with van der Waals surface area (Å²) in [6.45, 7) is 2.53. The van der Waals surface area contributed by atoms with E-state index in [1.165, 1.54) is 25.0 Å². The van der Waals surface area contributed by atoms with E-state index in [2.05, 4.69) is 0 Å². The Bertz CT molecular complexity index is 808. The predicted molar refractivity (Wildman–Crippen MR) is 97.1 cm³/mol. The van der Waals surface area contributed by atoms with Crippen molar-refractivity contribution in [3.05, 3.63) is 47.5 Å². The summed E-state index contributed by atoms with van der Waals surface area (Å²) in [6, 6.07) is 7.87. The van der Waals surface area contributed by atoms with Crippen molar-refractivity contribution in [2.24, 2.45) is 5.92 Å². The quantitative estimate of drug-likeness (QED) is 0.628. The molecule has 0 bridgehead atoms. The summed E-state index contributed by atoms with van der Waals surface area (Å²) >= 11 is 0. The van der Waals surface area contributed by atoms with E-state index in [1.807, 2.05) is 13.0 Å². The van der Waals surface area contributed by atoms with Crippen LogP contribution in [0.25, 0.3) is 11.1 Å². The van der Waals surface area contributed by atoms with E-state index in [9.17, 15) is 13.6 Å². The fourth-order valence-corrected chi connectivity index (χ4v) is 2.69. The largest absolute Gasteiger partial charge is 0.493 e. The van der Waals surface area contributed by atoms with Gasteiger partial charge in [-0.05, 0) is 67.0 Å². The van der Waals surface area contributed by atoms with Gasteiger partial charge in [-0.25, -0.2) is 8.78 Å². The highest BCUT2D eigenvalue weighted by Crippen LogP contribution is 2.34. The van der Waals surface area contributed by atoms with Gasteiger partial charge in [0.15, 0.2) is 17.4 Å². The number of carboxylic acids is 1. The number of aryl methyl sites for hydroxylation is 1.